The van der Waals surface area contributed by atoms with Gasteiger partial charge in [0.05, 0.1) is 23.8 Å². The zero-order valence-corrected chi connectivity index (χ0v) is 15.0. The summed E-state index contributed by atoms with van der Waals surface area (Å²) in [4.78, 5) is 0. The molecule has 0 heterocycles. The molecule has 0 spiro atoms. The first-order chi connectivity index (χ1) is 10.6. The first kappa shape index (κ1) is 17.6. The van der Waals surface area contributed by atoms with Gasteiger partial charge in [-0.25, -0.2) is 0 Å². The summed E-state index contributed by atoms with van der Waals surface area (Å²) < 4.78 is 11.9. The fraction of sp³-hybridized carbons (Fsp3) is 0.647. The Labute approximate surface area is 141 Å². The fourth-order valence-corrected chi connectivity index (χ4v) is 3.59. The fourth-order valence-electron chi connectivity index (χ4n) is 2.99. The van der Waals surface area contributed by atoms with E-state index in [2.05, 4.69) is 21.2 Å². The van der Waals surface area contributed by atoms with Gasteiger partial charge in [0.1, 0.15) is 0 Å². The third kappa shape index (κ3) is 4.61. The van der Waals surface area contributed by atoms with Crippen molar-refractivity contribution < 1.29 is 14.6 Å². The van der Waals surface area contributed by atoms with Gasteiger partial charge in [0.15, 0.2) is 11.5 Å². The third-order valence-corrected chi connectivity index (χ3v) is 4.73. The molecule has 2 rings (SSSR count). The minimum Gasteiger partial charge on any atom is -0.493 e. The summed E-state index contributed by atoms with van der Waals surface area (Å²) >= 11 is 3.54. The molecule has 0 aliphatic heterocycles. The van der Waals surface area contributed by atoms with E-state index in [0.29, 0.717) is 19.7 Å². The highest BCUT2D eigenvalue weighted by molar-refractivity contribution is 9.10. The van der Waals surface area contributed by atoms with Crippen LogP contribution < -0.4 is 14.8 Å². The van der Waals surface area contributed by atoms with Crippen LogP contribution in [0.4, 0.5) is 0 Å². The predicted octanol–water partition coefficient (Wildman–Crippen LogP) is 3.64. The molecule has 0 amide bonds. The molecule has 1 aromatic carbocycles. The zero-order valence-electron chi connectivity index (χ0n) is 13.5. The van der Waals surface area contributed by atoms with Crippen LogP contribution in [0.2, 0.25) is 0 Å². The first-order valence-corrected chi connectivity index (χ1v) is 8.79. The number of halogens is 1. The SMILES string of the molecule is CCOc1c(Br)cc(CNCC2(O)CCCCC2)cc1OC. The smallest absolute Gasteiger partial charge is 0.175 e. The lowest BCUT2D eigenvalue weighted by Gasteiger charge is -2.32. The Bertz CT molecular complexity index is 487. The number of methoxy groups -OCH3 is 1. The second kappa shape index (κ2) is 8.18. The Balaban J connectivity index is 1.96. The molecule has 1 aromatic rings. The topological polar surface area (TPSA) is 50.7 Å². The molecule has 1 fully saturated rings. The molecular weight excluding hydrogens is 346 g/mol. The van der Waals surface area contributed by atoms with Gasteiger partial charge in [-0.05, 0) is 53.4 Å². The van der Waals surface area contributed by atoms with Gasteiger partial charge in [0.25, 0.3) is 0 Å². The predicted molar refractivity (Wildman–Crippen MR) is 91.6 cm³/mol. The molecule has 1 aliphatic carbocycles. The van der Waals surface area contributed by atoms with Crippen LogP contribution in [-0.4, -0.2) is 31.0 Å². The van der Waals surface area contributed by atoms with Gasteiger partial charge in [-0.15, -0.1) is 0 Å². The maximum atomic E-state index is 10.5. The van der Waals surface area contributed by atoms with Gasteiger partial charge in [0.2, 0.25) is 0 Å². The lowest BCUT2D eigenvalue weighted by Crippen LogP contribution is -2.41. The van der Waals surface area contributed by atoms with E-state index in [1.54, 1.807) is 7.11 Å². The number of benzene rings is 1. The summed E-state index contributed by atoms with van der Waals surface area (Å²) in [6.07, 6.45) is 5.29. The Morgan fingerprint density at radius 1 is 1.27 bits per heavy atom. The second-order valence-electron chi connectivity index (χ2n) is 5.93. The first-order valence-electron chi connectivity index (χ1n) is 8.00. The van der Waals surface area contributed by atoms with Crippen molar-refractivity contribution in [1.29, 1.82) is 0 Å². The molecule has 0 unspecified atom stereocenters. The normalized spacial score (nSPS) is 17.3. The minimum absolute atomic E-state index is 0.537. The molecule has 124 valence electrons. The summed E-state index contributed by atoms with van der Waals surface area (Å²) in [5.41, 5.74) is 0.566. The highest BCUT2D eigenvalue weighted by atomic mass is 79.9. The summed E-state index contributed by atoms with van der Waals surface area (Å²) in [5, 5.41) is 13.9. The lowest BCUT2D eigenvalue weighted by molar-refractivity contribution is 0.00467. The molecule has 5 heteroatoms. The van der Waals surface area contributed by atoms with E-state index in [1.807, 2.05) is 19.1 Å². The minimum atomic E-state index is -0.537. The monoisotopic (exact) mass is 371 g/mol. The van der Waals surface area contributed by atoms with E-state index in [9.17, 15) is 5.11 Å². The van der Waals surface area contributed by atoms with Gasteiger partial charge >= 0.3 is 0 Å². The van der Waals surface area contributed by atoms with Gasteiger partial charge < -0.3 is 19.9 Å². The largest absolute Gasteiger partial charge is 0.493 e. The molecule has 22 heavy (non-hydrogen) atoms. The maximum Gasteiger partial charge on any atom is 0.175 e. The number of hydrogen-bond acceptors (Lipinski definition) is 4. The van der Waals surface area contributed by atoms with Crippen molar-refractivity contribution in [1.82, 2.24) is 5.32 Å². The average molecular weight is 372 g/mol. The molecule has 0 saturated heterocycles. The van der Waals surface area contributed by atoms with E-state index in [-0.39, 0.29) is 0 Å². The molecule has 0 radical (unpaired) electrons. The van der Waals surface area contributed by atoms with Crippen LogP contribution in [0.15, 0.2) is 16.6 Å². The molecule has 1 saturated carbocycles. The van der Waals surface area contributed by atoms with Crippen molar-refractivity contribution in [2.45, 2.75) is 51.2 Å². The molecular formula is C17H26BrNO3. The standard InChI is InChI=1S/C17H26BrNO3/c1-3-22-16-14(18)9-13(10-15(16)21-2)11-19-12-17(20)7-5-4-6-8-17/h9-10,19-20H,3-8,11-12H2,1-2H3. The highest BCUT2D eigenvalue weighted by Crippen LogP contribution is 2.36. The van der Waals surface area contributed by atoms with Crippen molar-refractivity contribution in [2.24, 2.45) is 0 Å². The van der Waals surface area contributed by atoms with E-state index >= 15 is 0 Å². The van der Waals surface area contributed by atoms with Crippen LogP contribution in [-0.2, 0) is 6.54 Å². The van der Waals surface area contributed by atoms with Gasteiger partial charge in [0, 0.05) is 13.1 Å². The Kier molecular flexibility index (Phi) is 6.53. The van der Waals surface area contributed by atoms with Gasteiger partial charge in [-0.1, -0.05) is 19.3 Å². The van der Waals surface area contributed by atoms with Crippen molar-refractivity contribution in [3.63, 3.8) is 0 Å². The van der Waals surface area contributed by atoms with Crippen LogP contribution in [0.5, 0.6) is 11.5 Å². The van der Waals surface area contributed by atoms with E-state index in [0.717, 1.165) is 47.2 Å². The van der Waals surface area contributed by atoms with Crippen LogP contribution >= 0.6 is 15.9 Å². The van der Waals surface area contributed by atoms with E-state index in [4.69, 9.17) is 9.47 Å². The van der Waals surface area contributed by atoms with Crippen molar-refractivity contribution in [3.8, 4) is 11.5 Å². The molecule has 0 atom stereocenters. The van der Waals surface area contributed by atoms with Crippen LogP contribution in [0, 0.1) is 0 Å². The Morgan fingerprint density at radius 2 is 2.00 bits per heavy atom. The number of ether oxygens (including phenoxy) is 2. The van der Waals surface area contributed by atoms with Crippen molar-refractivity contribution >= 4 is 15.9 Å². The number of rotatable bonds is 7. The van der Waals surface area contributed by atoms with Gasteiger partial charge in [-0.2, -0.15) is 0 Å². The van der Waals surface area contributed by atoms with Crippen molar-refractivity contribution in [3.05, 3.63) is 22.2 Å². The Hall–Kier alpha value is -0.780. The molecule has 4 nitrogen and oxygen atoms in total. The number of aliphatic hydroxyl groups is 1. The zero-order chi connectivity index (χ0) is 16.0. The summed E-state index contributed by atoms with van der Waals surface area (Å²) in [6.45, 7) is 3.88. The van der Waals surface area contributed by atoms with Gasteiger partial charge in [-0.3, -0.25) is 0 Å². The highest BCUT2D eigenvalue weighted by Gasteiger charge is 2.28. The maximum absolute atomic E-state index is 10.5. The summed E-state index contributed by atoms with van der Waals surface area (Å²) in [7, 11) is 1.65. The number of hydrogen-bond donors (Lipinski definition) is 2. The lowest BCUT2D eigenvalue weighted by atomic mass is 9.85. The molecule has 2 N–H and O–H groups in total. The molecule has 1 aliphatic rings. The van der Waals surface area contributed by atoms with Crippen LogP contribution in [0.25, 0.3) is 0 Å². The third-order valence-electron chi connectivity index (χ3n) is 4.15. The second-order valence-corrected chi connectivity index (χ2v) is 6.78. The van der Waals surface area contributed by atoms with E-state index < -0.39 is 5.60 Å². The van der Waals surface area contributed by atoms with Crippen LogP contribution in [0.3, 0.4) is 0 Å². The summed E-state index contributed by atoms with van der Waals surface area (Å²) in [6, 6.07) is 4.01. The Morgan fingerprint density at radius 3 is 2.64 bits per heavy atom. The quantitative estimate of drug-likeness (QED) is 0.767. The van der Waals surface area contributed by atoms with E-state index in [1.165, 1.54) is 6.42 Å². The average Bonchev–Trinajstić information content (AvgIpc) is 2.50. The summed E-state index contributed by atoms with van der Waals surface area (Å²) in [5.74, 6) is 1.46. The molecule has 0 bridgehead atoms. The van der Waals surface area contributed by atoms with Crippen molar-refractivity contribution in [2.75, 3.05) is 20.3 Å². The number of nitrogens with one attached hydrogen (secondary N) is 1. The molecule has 0 aromatic heterocycles. The van der Waals surface area contributed by atoms with Crippen LogP contribution in [0.1, 0.15) is 44.6 Å².